The zero-order chi connectivity index (χ0) is 22.3. The molecule has 0 aliphatic heterocycles. The van der Waals surface area contributed by atoms with E-state index in [0.717, 1.165) is 11.1 Å². The number of aromatic nitrogens is 1. The van der Waals surface area contributed by atoms with Crippen LogP contribution in [0.1, 0.15) is 63.0 Å². The Morgan fingerprint density at radius 3 is 2.23 bits per heavy atom. The molecule has 0 fully saturated rings. The molecule has 2 aromatic carbocycles. The molecule has 0 aliphatic rings. The maximum Gasteiger partial charge on any atom is 0.261 e. The maximum absolute atomic E-state index is 13.1. The quantitative estimate of drug-likeness (QED) is 0.412. The summed E-state index contributed by atoms with van der Waals surface area (Å²) in [6, 6.07) is 11.1. The molecule has 0 atom stereocenters. The fourth-order valence-corrected chi connectivity index (χ4v) is 3.84. The first-order valence-electron chi connectivity index (χ1n) is 9.83. The molecule has 0 radical (unpaired) electrons. The lowest BCUT2D eigenvalue weighted by atomic mass is 9.79. The molecule has 158 valence electrons. The van der Waals surface area contributed by atoms with Crippen molar-refractivity contribution in [1.29, 1.82) is 0 Å². The molecule has 6 heteroatoms. The lowest BCUT2D eigenvalue weighted by Crippen LogP contribution is -2.25. The standard InChI is InChI=1S/C24H27IN2O3/c1-23(2,3)16-11-17(24(4,5)6)20(30-25)12-19(16)27-22(29)15-13-26-18-10-8-7-9-14(18)21(15)28/h7-13H,1-6H3,(H,26,28)(H,27,29). The van der Waals surface area contributed by atoms with Gasteiger partial charge in [0.25, 0.3) is 5.91 Å². The van der Waals surface area contributed by atoms with E-state index in [0.29, 0.717) is 22.3 Å². The van der Waals surface area contributed by atoms with Gasteiger partial charge in [0.15, 0.2) is 23.0 Å². The molecule has 2 N–H and O–H groups in total. The van der Waals surface area contributed by atoms with Gasteiger partial charge in [0.1, 0.15) is 11.3 Å². The smallest absolute Gasteiger partial charge is 0.261 e. The number of carbonyl (C=O) groups is 1. The maximum atomic E-state index is 13.1. The predicted octanol–water partition coefficient (Wildman–Crippen LogP) is 6.10. The number of nitrogens with one attached hydrogen (secondary N) is 2. The summed E-state index contributed by atoms with van der Waals surface area (Å²) in [5, 5.41) is 3.44. The van der Waals surface area contributed by atoms with Crippen LogP contribution in [0, 0.1) is 0 Å². The zero-order valence-corrected chi connectivity index (χ0v) is 20.3. The fraction of sp³-hybridized carbons (Fsp3) is 0.333. The molecule has 1 amide bonds. The van der Waals surface area contributed by atoms with Crippen molar-refractivity contribution >= 4 is 45.5 Å². The van der Waals surface area contributed by atoms with Gasteiger partial charge in [-0.2, -0.15) is 0 Å². The second-order valence-electron chi connectivity index (χ2n) is 9.50. The fourth-order valence-electron chi connectivity index (χ4n) is 3.48. The first kappa shape index (κ1) is 22.3. The number of para-hydroxylation sites is 1. The third-order valence-electron chi connectivity index (χ3n) is 5.10. The van der Waals surface area contributed by atoms with Crippen LogP contribution in [0.3, 0.4) is 0 Å². The van der Waals surface area contributed by atoms with Gasteiger partial charge >= 0.3 is 0 Å². The lowest BCUT2D eigenvalue weighted by molar-refractivity contribution is 0.102. The summed E-state index contributed by atoms with van der Waals surface area (Å²) < 4.78 is 5.60. The largest absolute Gasteiger partial charge is 0.427 e. The van der Waals surface area contributed by atoms with Crippen LogP contribution in [0.5, 0.6) is 5.75 Å². The summed E-state index contributed by atoms with van der Waals surface area (Å²) in [4.78, 5) is 28.9. The van der Waals surface area contributed by atoms with Gasteiger partial charge in [0.05, 0.1) is 0 Å². The monoisotopic (exact) mass is 518 g/mol. The molecule has 3 aromatic rings. The van der Waals surface area contributed by atoms with Crippen LogP contribution in [-0.4, -0.2) is 10.9 Å². The number of carbonyl (C=O) groups excluding carboxylic acids is 1. The number of anilines is 1. The van der Waals surface area contributed by atoms with Crippen LogP contribution in [0.15, 0.2) is 47.4 Å². The first-order valence-corrected chi connectivity index (χ1v) is 10.7. The molecule has 0 saturated heterocycles. The van der Waals surface area contributed by atoms with E-state index < -0.39 is 5.91 Å². The number of pyridine rings is 1. The highest BCUT2D eigenvalue weighted by molar-refractivity contribution is 14.1. The van der Waals surface area contributed by atoms with E-state index in [2.05, 4.69) is 57.9 Å². The van der Waals surface area contributed by atoms with Gasteiger partial charge in [-0.3, -0.25) is 9.59 Å². The van der Waals surface area contributed by atoms with Crippen LogP contribution < -0.4 is 13.8 Å². The molecule has 1 heterocycles. The van der Waals surface area contributed by atoms with Crippen molar-refractivity contribution in [3.63, 3.8) is 0 Å². The Balaban J connectivity index is 2.11. The van der Waals surface area contributed by atoms with Crippen molar-refractivity contribution in [2.24, 2.45) is 0 Å². The van der Waals surface area contributed by atoms with Crippen LogP contribution in [-0.2, 0) is 10.8 Å². The first-order chi connectivity index (χ1) is 13.9. The number of hydrogen-bond donors (Lipinski definition) is 2. The Bertz CT molecular complexity index is 1170. The van der Waals surface area contributed by atoms with Gasteiger partial charge in [-0.05, 0) is 34.6 Å². The van der Waals surface area contributed by atoms with Gasteiger partial charge in [-0.1, -0.05) is 53.7 Å². The summed E-state index contributed by atoms with van der Waals surface area (Å²) in [6.45, 7) is 12.7. The lowest BCUT2D eigenvalue weighted by Gasteiger charge is -2.29. The molecule has 0 bridgehead atoms. The van der Waals surface area contributed by atoms with E-state index in [4.69, 9.17) is 3.07 Å². The molecule has 0 unspecified atom stereocenters. The summed E-state index contributed by atoms with van der Waals surface area (Å²) >= 11 is 1.86. The number of benzene rings is 2. The van der Waals surface area contributed by atoms with Crippen molar-refractivity contribution in [3.8, 4) is 5.75 Å². The van der Waals surface area contributed by atoms with E-state index in [-0.39, 0.29) is 21.8 Å². The molecular formula is C24H27IN2O3. The van der Waals surface area contributed by atoms with Crippen LogP contribution in [0.4, 0.5) is 5.69 Å². The third-order valence-corrected chi connectivity index (χ3v) is 5.57. The topological polar surface area (TPSA) is 71.2 Å². The van der Waals surface area contributed by atoms with E-state index in [1.807, 2.05) is 41.2 Å². The number of H-pyrrole nitrogens is 1. The Morgan fingerprint density at radius 1 is 1.00 bits per heavy atom. The molecule has 30 heavy (non-hydrogen) atoms. The Labute approximate surface area is 190 Å². The van der Waals surface area contributed by atoms with Crippen molar-refractivity contribution in [1.82, 2.24) is 4.98 Å². The number of rotatable bonds is 3. The molecule has 1 aromatic heterocycles. The molecule has 3 rings (SSSR count). The third kappa shape index (κ3) is 4.38. The SMILES string of the molecule is CC(C)(C)c1cc(C(C)(C)C)c(OI)cc1NC(=O)c1c[nH]c2ccccc2c1=O. The van der Waals surface area contributed by atoms with Crippen molar-refractivity contribution in [2.45, 2.75) is 52.4 Å². The number of halogens is 1. The van der Waals surface area contributed by atoms with E-state index in [1.165, 1.54) is 6.20 Å². The highest BCUT2D eigenvalue weighted by Crippen LogP contribution is 2.40. The van der Waals surface area contributed by atoms with Crippen molar-refractivity contribution in [2.75, 3.05) is 5.32 Å². The van der Waals surface area contributed by atoms with Crippen LogP contribution in [0.2, 0.25) is 0 Å². The van der Waals surface area contributed by atoms with E-state index in [9.17, 15) is 9.59 Å². The van der Waals surface area contributed by atoms with Crippen molar-refractivity contribution in [3.05, 3.63) is 69.5 Å². The summed E-state index contributed by atoms with van der Waals surface area (Å²) in [5.74, 6) is 0.245. The van der Waals surface area contributed by atoms with Gasteiger partial charge in [-0.25, -0.2) is 0 Å². The highest BCUT2D eigenvalue weighted by Gasteiger charge is 2.27. The van der Waals surface area contributed by atoms with Gasteiger partial charge in [-0.15, -0.1) is 0 Å². The van der Waals surface area contributed by atoms with Crippen LogP contribution >= 0.6 is 23.0 Å². The summed E-state index contributed by atoms with van der Waals surface area (Å²) in [5.41, 5.74) is 2.81. The number of amides is 1. The van der Waals surface area contributed by atoms with Gasteiger partial charge < -0.3 is 13.4 Å². The van der Waals surface area contributed by atoms with E-state index in [1.54, 1.807) is 12.1 Å². The van der Waals surface area contributed by atoms with Crippen molar-refractivity contribution < 1.29 is 7.86 Å². The number of fused-ring (bicyclic) bond motifs is 1. The second kappa shape index (κ2) is 8.06. The average Bonchev–Trinajstić information content (AvgIpc) is 2.66. The molecule has 5 nitrogen and oxygen atoms in total. The van der Waals surface area contributed by atoms with Gasteiger partial charge in [0, 0.05) is 34.4 Å². The molecule has 0 saturated carbocycles. The summed E-state index contributed by atoms with van der Waals surface area (Å²) in [7, 11) is 0. The minimum Gasteiger partial charge on any atom is -0.427 e. The Hall–Kier alpha value is -2.35. The molecular weight excluding hydrogens is 491 g/mol. The zero-order valence-electron chi connectivity index (χ0n) is 18.1. The normalized spacial score (nSPS) is 12.1. The number of aromatic amines is 1. The second-order valence-corrected chi connectivity index (χ2v) is 9.94. The Morgan fingerprint density at radius 2 is 1.63 bits per heavy atom. The number of hydrogen-bond acceptors (Lipinski definition) is 3. The average molecular weight is 518 g/mol. The molecule has 0 spiro atoms. The Kier molecular flexibility index (Phi) is 6.00. The highest BCUT2D eigenvalue weighted by atomic mass is 127. The van der Waals surface area contributed by atoms with Gasteiger partial charge in [0.2, 0.25) is 5.43 Å². The summed E-state index contributed by atoms with van der Waals surface area (Å²) in [6.07, 6.45) is 1.47. The predicted molar refractivity (Wildman–Crippen MR) is 131 cm³/mol. The minimum atomic E-state index is -0.449. The van der Waals surface area contributed by atoms with E-state index >= 15 is 0 Å². The minimum absolute atomic E-state index is 0.0744. The molecule has 0 aliphatic carbocycles. The van der Waals surface area contributed by atoms with Crippen LogP contribution in [0.25, 0.3) is 10.9 Å².